The Morgan fingerprint density at radius 2 is 1.85 bits per heavy atom. The van der Waals surface area contributed by atoms with Crippen molar-refractivity contribution in [3.63, 3.8) is 0 Å². The highest BCUT2D eigenvalue weighted by Crippen LogP contribution is 2.23. The predicted molar refractivity (Wildman–Crippen MR) is 103 cm³/mol. The molecule has 0 saturated heterocycles. The van der Waals surface area contributed by atoms with E-state index in [0.29, 0.717) is 15.7 Å². The van der Waals surface area contributed by atoms with Gasteiger partial charge < -0.3 is 20.7 Å². The molecule has 2 aromatic rings. The average molecular weight is 410 g/mol. The van der Waals surface area contributed by atoms with Crippen molar-refractivity contribution >= 4 is 46.6 Å². The van der Waals surface area contributed by atoms with Crippen LogP contribution in [0.2, 0.25) is 10.0 Å². The summed E-state index contributed by atoms with van der Waals surface area (Å²) in [5.41, 5.74) is 5.78. The molecule has 0 aromatic heterocycles. The molecule has 9 heteroatoms. The molecule has 27 heavy (non-hydrogen) atoms. The summed E-state index contributed by atoms with van der Waals surface area (Å²) in [4.78, 5) is 36.8. The van der Waals surface area contributed by atoms with Gasteiger partial charge in [-0.3, -0.25) is 14.4 Å². The molecule has 0 heterocycles. The minimum atomic E-state index is -0.729. The zero-order chi connectivity index (χ0) is 20.0. The van der Waals surface area contributed by atoms with Crippen LogP contribution >= 0.6 is 23.2 Å². The second kappa shape index (κ2) is 9.25. The molecule has 2 rings (SSSR count). The Bertz CT molecular complexity index is 873. The maximum absolute atomic E-state index is 12.2. The van der Waals surface area contributed by atoms with Gasteiger partial charge >= 0.3 is 0 Å². The van der Waals surface area contributed by atoms with E-state index in [4.69, 9.17) is 33.7 Å². The highest BCUT2D eigenvalue weighted by atomic mass is 35.5. The number of rotatable bonds is 7. The largest absolute Gasteiger partial charge is 0.483 e. The normalized spacial score (nSPS) is 10.2. The maximum Gasteiger partial charge on any atom is 0.260 e. The van der Waals surface area contributed by atoms with Gasteiger partial charge in [0.15, 0.2) is 6.61 Å². The number of ether oxygens (including phenoxy) is 1. The molecule has 3 amide bonds. The van der Waals surface area contributed by atoms with Crippen molar-refractivity contribution in [2.45, 2.75) is 0 Å². The smallest absolute Gasteiger partial charge is 0.260 e. The van der Waals surface area contributed by atoms with Crippen LogP contribution in [0.15, 0.2) is 42.5 Å². The van der Waals surface area contributed by atoms with E-state index in [2.05, 4.69) is 5.32 Å². The van der Waals surface area contributed by atoms with Crippen molar-refractivity contribution in [2.75, 3.05) is 25.5 Å². The number of carbonyl (C=O) groups is 3. The first kappa shape index (κ1) is 20.5. The Kier molecular flexibility index (Phi) is 7.04. The minimum Gasteiger partial charge on any atom is -0.483 e. The van der Waals surface area contributed by atoms with Gasteiger partial charge in [-0.05, 0) is 30.3 Å². The Morgan fingerprint density at radius 3 is 2.52 bits per heavy atom. The first-order chi connectivity index (χ1) is 12.8. The number of hydrogen-bond acceptors (Lipinski definition) is 4. The first-order valence-corrected chi connectivity index (χ1v) is 8.54. The lowest BCUT2D eigenvalue weighted by molar-refractivity contribution is -0.135. The van der Waals surface area contributed by atoms with Gasteiger partial charge in [-0.25, -0.2) is 0 Å². The van der Waals surface area contributed by atoms with Crippen LogP contribution in [0.4, 0.5) is 5.69 Å². The van der Waals surface area contributed by atoms with Crippen LogP contribution in [-0.2, 0) is 9.59 Å². The SMILES string of the molecule is CN(CC(=O)Nc1ccccc1Cl)C(=O)COc1ccc(Cl)cc1C(N)=O. The highest BCUT2D eigenvalue weighted by molar-refractivity contribution is 6.33. The van der Waals surface area contributed by atoms with Crippen molar-refractivity contribution in [3.05, 3.63) is 58.1 Å². The summed E-state index contributed by atoms with van der Waals surface area (Å²) in [7, 11) is 1.45. The molecule has 0 aliphatic heterocycles. The van der Waals surface area contributed by atoms with Gasteiger partial charge in [0.2, 0.25) is 5.91 Å². The third-order valence-electron chi connectivity index (χ3n) is 3.51. The third-order valence-corrected chi connectivity index (χ3v) is 4.08. The Balaban J connectivity index is 1.91. The minimum absolute atomic E-state index is 0.0643. The number of nitrogens with one attached hydrogen (secondary N) is 1. The van der Waals surface area contributed by atoms with Crippen LogP contribution in [0.25, 0.3) is 0 Å². The molecular formula is C18H17Cl2N3O4. The molecule has 0 atom stereocenters. The van der Waals surface area contributed by atoms with Gasteiger partial charge in [0.05, 0.1) is 22.8 Å². The molecule has 0 aliphatic rings. The van der Waals surface area contributed by atoms with Gasteiger partial charge in [-0.15, -0.1) is 0 Å². The lowest BCUT2D eigenvalue weighted by Gasteiger charge is -2.18. The van der Waals surface area contributed by atoms with Crippen LogP contribution < -0.4 is 15.8 Å². The third kappa shape index (κ3) is 5.87. The fraction of sp³-hybridized carbons (Fsp3) is 0.167. The van der Waals surface area contributed by atoms with E-state index in [9.17, 15) is 14.4 Å². The summed E-state index contributed by atoms with van der Waals surface area (Å²) in [5.74, 6) is -1.47. The van der Waals surface area contributed by atoms with Crippen LogP contribution in [0.3, 0.4) is 0 Å². The molecule has 7 nitrogen and oxygen atoms in total. The number of nitrogens with zero attached hydrogens (tertiary/aromatic N) is 1. The second-order valence-electron chi connectivity index (χ2n) is 5.57. The van der Waals surface area contributed by atoms with Crippen molar-refractivity contribution in [1.82, 2.24) is 4.90 Å². The summed E-state index contributed by atoms with van der Waals surface area (Å²) in [6.45, 7) is -0.575. The molecule has 0 spiro atoms. The van der Waals surface area contributed by atoms with Gasteiger partial charge in [0.25, 0.3) is 11.8 Å². The number of likely N-dealkylation sites (N-methyl/N-ethyl adjacent to an activating group) is 1. The topological polar surface area (TPSA) is 102 Å². The van der Waals surface area contributed by atoms with Gasteiger partial charge in [-0.2, -0.15) is 0 Å². The quantitative estimate of drug-likeness (QED) is 0.733. The number of primary amides is 1. The van der Waals surface area contributed by atoms with Crippen LogP contribution in [0, 0.1) is 0 Å². The van der Waals surface area contributed by atoms with Crippen LogP contribution in [0.5, 0.6) is 5.75 Å². The predicted octanol–water partition coefficient (Wildman–Crippen LogP) is 2.57. The fourth-order valence-corrected chi connectivity index (χ4v) is 2.48. The molecule has 2 aromatic carbocycles. The lowest BCUT2D eigenvalue weighted by atomic mass is 10.2. The zero-order valence-electron chi connectivity index (χ0n) is 14.4. The Morgan fingerprint density at radius 1 is 1.15 bits per heavy atom. The van der Waals surface area contributed by atoms with Crippen LogP contribution in [0.1, 0.15) is 10.4 Å². The summed E-state index contributed by atoms with van der Waals surface area (Å²) in [6, 6.07) is 11.1. The van der Waals surface area contributed by atoms with Gasteiger partial charge in [0, 0.05) is 12.1 Å². The van der Waals surface area contributed by atoms with E-state index in [-0.39, 0.29) is 24.5 Å². The first-order valence-electron chi connectivity index (χ1n) is 7.78. The van der Waals surface area contributed by atoms with Crippen LogP contribution in [-0.4, -0.2) is 42.8 Å². The molecule has 3 N–H and O–H groups in total. The highest BCUT2D eigenvalue weighted by Gasteiger charge is 2.16. The summed E-state index contributed by atoms with van der Waals surface area (Å²) >= 11 is 11.8. The number of benzene rings is 2. The van der Waals surface area contributed by atoms with E-state index in [1.807, 2.05) is 0 Å². The van der Waals surface area contributed by atoms with E-state index in [0.717, 1.165) is 0 Å². The van der Waals surface area contributed by atoms with Crippen molar-refractivity contribution < 1.29 is 19.1 Å². The monoisotopic (exact) mass is 409 g/mol. The van der Waals surface area contributed by atoms with Crippen molar-refractivity contribution in [3.8, 4) is 5.75 Å². The maximum atomic E-state index is 12.2. The molecule has 0 fully saturated rings. The molecule has 142 valence electrons. The average Bonchev–Trinajstić information content (AvgIpc) is 2.62. The molecular weight excluding hydrogens is 393 g/mol. The lowest BCUT2D eigenvalue weighted by Crippen LogP contribution is -2.37. The number of para-hydroxylation sites is 1. The number of anilines is 1. The van der Waals surface area contributed by atoms with E-state index < -0.39 is 17.7 Å². The second-order valence-corrected chi connectivity index (χ2v) is 6.41. The van der Waals surface area contributed by atoms with E-state index in [1.165, 1.54) is 30.1 Å². The Labute approximate surface area is 166 Å². The van der Waals surface area contributed by atoms with Gasteiger partial charge in [-0.1, -0.05) is 35.3 Å². The number of carbonyl (C=O) groups excluding carboxylic acids is 3. The zero-order valence-corrected chi connectivity index (χ0v) is 15.9. The Hall–Kier alpha value is -2.77. The number of hydrogen-bond donors (Lipinski definition) is 2. The van der Waals surface area contributed by atoms with Crippen molar-refractivity contribution in [2.24, 2.45) is 5.73 Å². The number of nitrogens with two attached hydrogens (primary N) is 1. The molecule has 0 unspecified atom stereocenters. The van der Waals surface area contributed by atoms with E-state index >= 15 is 0 Å². The number of halogens is 2. The van der Waals surface area contributed by atoms with Crippen molar-refractivity contribution in [1.29, 1.82) is 0 Å². The fourth-order valence-electron chi connectivity index (χ4n) is 2.13. The standard InChI is InChI=1S/C18H17Cl2N3O4/c1-23(9-16(24)22-14-5-3-2-4-13(14)20)17(25)10-27-15-7-6-11(19)8-12(15)18(21)26/h2-8H,9-10H2,1H3,(H2,21,26)(H,22,24). The summed E-state index contributed by atoms with van der Waals surface area (Å²) < 4.78 is 5.35. The molecule has 0 aliphatic carbocycles. The number of amides is 3. The summed E-state index contributed by atoms with van der Waals surface area (Å²) in [5, 5.41) is 3.33. The van der Waals surface area contributed by atoms with E-state index in [1.54, 1.807) is 24.3 Å². The van der Waals surface area contributed by atoms with Gasteiger partial charge in [0.1, 0.15) is 5.75 Å². The molecule has 0 bridgehead atoms. The molecule has 0 radical (unpaired) electrons. The summed E-state index contributed by atoms with van der Waals surface area (Å²) in [6.07, 6.45) is 0. The molecule has 0 saturated carbocycles.